The second kappa shape index (κ2) is 10.6. The van der Waals surface area contributed by atoms with E-state index >= 15 is 0 Å². The van der Waals surface area contributed by atoms with Crippen LogP contribution in [-0.2, 0) is 4.79 Å². The molecule has 6 aromatic rings. The summed E-state index contributed by atoms with van der Waals surface area (Å²) in [6, 6.07) is 12.6. The van der Waals surface area contributed by atoms with Crippen molar-refractivity contribution >= 4 is 33.5 Å². The van der Waals surface area contributed by atoms with Crippen LogP contribution < -0.4 is 5.32 Å². The quantitative estimate of drug-likeness (QED) is 0.204. The second-order valence-electron chi connectivity index (χ2n) is 10.7. The molecule has 5 heterocycles. The van der Waals surface area contributed by atoms with Crippen molar-refractivity contribution in [2.24, 2.45) is 5.92 Å². The summed E-state index contributed by atoms with van der Waals surface area (Å²) in [5, 5.41) is 12.3. The molecule has 1 aliphatic carbocycles. The third-order valence-corrected chi connectivity index (χ3v) is 7.94. The van der Waals surface area contributed by atoms with Gasteiger partial charge in [0.1, 0.15) is 11.5 Å². The first-order valence-electron chi connectivity index (χ1n) is 13.9. The molecule has 5 aromatic heterocycles. The highest BCUT2D eigenvalue weighted by molar-refractivity contribution is 6.00. The Balaban J connectivity index is 1.20. The molecule has 1 amide bonds. The van der Waals surface area contributed by atoms with Crippen LogP contribution in [0.15, 0.2) is 73.4 Å². The van der Waals surface area contributed by atoms with Gasteiger partial charge in [-0.05, 0) is 43.0 Å². The molecule has 9 heteroatoms. The van der Waals surface area contributed by atoms with Crippen molar-refractivity contribution in [3.05, 3.63) is 79.3 Å². The predicted octanol–water partition coefficient (Wildman–Crippen LogP) is 7.28. The average Bonchev–Trinajstić information content (AvgIpc) is 3.62. The summed E-state index contributed by atoms with van der Waals surface area (Å²) in [6.45, 7) is 0. The van der Waals surface area contributed by atoms with Gasteiger partial charge in [0.25, 0.3) is 0 Å². The van der Waals surface area contributed by atoms with E-state index in [0.29, 0.717) is 40.5 Å². The molecule has 0 aliphatic heterocycles. The smallest absolute Gasteiger partial charge is 0.224 e. The number of amides is 1. The molecule has 0 spiro atoms. The highest BCUT2D eigenvalue weighted by Crippen LogP contribution is 2.35. The summed E-state index contributed by atoms with van der Waals surface area (Å²) in [5.41, 5.74) is 6.42. The summed E-state index contributed by atoms with van der Waals surface area (Å²) < 4.78 is 14.6. The number of carbonyl (C=O) groups excluding carboxylic acids is 1. The van der Waals surface area contributed by atoms with Crippen molar-refractivity contribution in [3.8, 4) is 33.6 Å². The zero-order valence-electron chi connectivity index (χ0n) is 22.3. The molecule has 0 bridgehead atoms. The number of nitrogens with one attached hydrogen (secondary N) is 3. The lowest BCUT2D eigenvalue weighted by atomic mass is 9.87. The topological polar surface area (TPSA) is 112 Å². The Hall–Kier alpha value is -4.92. The zero-order valence-corrected chi connectivity index (χ0v) is 22.3. The average molecular weight is 546 g/mol. The number of anilines is 1. The van der Waals surface area contributed by atoms with Crippen LogP contribution in [0.3, 0.4) is 0 Å². The number of aromatic nitrogens is 6. The summed E-state index contributed by atoms with van der Waals surface area (Å²) in [4.78, 5) is 29.4. The Bertz CT molecular complexity index is 1890. The maximum Gasteiger partial charge on any atom is 0.224 e. The number of halogens is 1. The van der Waals surface area contributed by atoms with Gasteiger partial charge in [0, 0.05) is 58.0 Å². The van der Waals surface area contributed by atoms with Crippen LogP contribution in [0, 0.1) is 11.7 Å². The number of aromatic amines is 2. The number of hydrogen-bond donors (Lipinski definition) is 3. The Morgan fingerprint density at radius 2 is 1.73 bits per heavy atom. The highest BCUT2D eigenvalue weighted by Gasteiger charge is 2.19. The van der Waals surface area contributed by atoms with Crippen LogP contribution in [0.1, 0.15) is 38.5 Å². The number of nitrogens with zero attached hydrogens (tertiary/aromatic N) is 4. The van der Waals surface area contributed by atoms with Gasteiger partial charge in [0.2, 0.25) is 5.91 Å². The Morgan fingerprint density at radius 1 is 0.902 bits per heavy atom. The van der Waals surface area contributed by atoms with E-state index in [4.69, 9.17) is 0 Å². The van der Waals surface area contributed by atoms with Gasteiger partial charge in [0.05, 0.1) is 29.3 Å². The van der Waals surface area contributed by atoms with Crippen LogP contribution in [0.4, 0.5) is 10.1 Å². The highest BCUT2D eigenvalue weighted by atomic mass is 19.1. The molecular formula is C32H28FN7O. The van der Waals surface area contributed by atoms with Crippen molar-refractivity contribution in [2.45, 2.75) is 38.5 Å². The van der Waals surface area contributed by atoms with E-state index in [1.54, 1.807) is 43.1 Å². The number of benzene rings is 1. The number of pyridine rings is 3. The van der Waals surface area contributed by atoms with Crippen LogP contribution in [-0.4, -0.2) is 36.0 Å². The minimum atomic E-state index is -0.301. The van der Waals surface area contributed by atoms with Crippen LogP contribution in [0.25, 0.3) is 55.6 Å². The molecule has 1 saturated carbocycles. The Labute approximate surface area is 235 Å². The van der Waals surface area contributed by atoms with Gasteiger partial charge >= 0.3 is 0 Å². The Morgan fingerprint density at radius 3 is 2.61 bits per heavy atom. The van der Waals surface area contributed by atoms with E-state index < -0.39 is 0 Å². The number of rotatable bonds is 6. The van der Waals surface area contributed by atoms with Gasteiger partial charge in [-0.3, -0.25) is 19.9 Å². The van der Waals surface area contributed by atoms with E-state index in [9.17, 15) is 9.18 Å². The normalized spacial score (nSPS) is 14.1. The maximum absolute atomic E-state index is 14.6. The minimum absolute atomic E-state index is 0.0320. The van der Waals surface area contributed by atoms with Crippen molar-refractivity contribution in [3.63, 3.8) is 0 Å². The van der Waals surface area contributed by atoms with E-state index in [2.05, 4.69) is 35.5 Å². The first-order valence-corrected chi connectivity index (χ1v) is 13.9. The zero-order chi connectivity index (χ0) is 27.8. The van der Waals surface area contributed by atoms with Crippen molar-refractivity contribution in [1.82, 2.24) is 30.1 Å². The molecular weight excluding hydrogens is 517 g/mol. The van der Waals surface area contributed by atoms with E-state index in [0.717, 1.165) is 46.0 Å². The summed E-state index contributed by atoms with van der Waals surface area (Å²) in [5.74, 6) is 0.198. The largest absolute Gasteiger partial charge is 0.352 e. The van der Waals surface area contributed by atoms with Crippen molar-refractivity contribution in [1.29, 1.82) is 0 Å². The summed E-state index contributed by atoms with van der Waals surface area (Å²) in [7, 11) is 0. The number of fused-ring (bicyclic) bond motifs is 2. The molecule has 7 rings (SSSR count). The number of H-pyrrole nitrogens is 2. The van der Waals surface area contributed by atoms with Crippen molar-refractivity contribution < 1.29 is 9.18 Å². The molecule has 0 radical (unpaired) electrons. The number of carbonyl (C=O) groups is 1. The first kappa shape index (κ1) is 25.1. The maximum atomic E-state index is 14.6. The lowest BCUT2D eigenvalue weighted by molar-refractivity contribution is -0.117. The standard InChI is InChI=1S/C32H28FN7O/c33-27-9-5-4-8-23(27)26-17-35-18-29-24(26)13-28(38-29)31-25-12-21(15-36-32(25)40-39-31)20-11-22(16-34-14-20)37-30(41)10-19-6-2-1-3-7-19/h4-5,8-9,11-19,38H,1-3,6-7,10H2,(H,37,41)(H,36,39,40). The number of hydrogen-bond acceptors (Lipinski definition) is 5. The molecule has 0 saturated heterocycles. The van der Waals surface area contributed by atoms with Gasteiger partial charge in [-0.25, -0.2) is 9.37 Å². The molecule has 0 atom stereocenters. The fourth-order valence-electron chi connectivity index (χ4n) is 5.87. The molecule has 0 unspecified atom stereocenters. The lowest BCUT2D eigenvalue weighted by Crippen LogP contribution is -2.18. The van der Waals surface area contributed by atoms with Crippen LogP contribution in [0.2, 0.25) is 0 Å². The second-order valence-corrected chi connectivity index (χ2v) is 10.7. The molecule has 8 nitrogen and oxygen atoms in total. The van der Waals surface area contributed by atoms with E-state index in [1.807, 2.05) is 24.3 Å². The first-order chi connectivity index (χ1) is 20.1. The fourth-order valence-corrected chi connectivity index (χ4v) is 5.87. The van der Waals surface area contributed by atoms with Gasteiger partial charge < -0.3 is 10.3 Å². The Kier molecular flexibility index (Phi) is 6.47. The van der Waals surface area contributed by atoms with Crippen LogP contribution >= 0.6 is 0 Å². The predicted molar refractivity (Wildman–Crippen MR) is 157 cm³/mol. The van der Waals surface area contributed by atoms with Crippen molar-refractivity contribution in [2.75, 3.05) is 5.32 Å². The van der Waals surface area contributed by atoms with E-state index in [1.165, 1.54) is 25.3 Å². The molecule has 3 N–H and O–H groups in total. The van der Waals surface area contributed by atoms with Gasteiger partial charge in [-0.15, -0.1) is 0 Å². The molecule has 1 aromatic carbocycles. The molecule has 1 fully saturated rings. The van der Waals surface area contributed by atoms with E-state index in [-0.39, 0.29) is 11.7 Å². The molecule has 204 valence electrons. The SMILES string of the molecule is O=C(CC1CCCCC1)Nc1cncc(-c2cnc3[nH]nc(-c4cc5c(-c6ccccc6F)cncc5[nH]4)c3c2)c1. The monoisotopic (exact) mass is 545 g/mol. The third kappa shape index (κ3) is 4.95. The van der Waals surface area contributed by atoms with Gasteiger partial charge in [-0.2, -0.15) is 5.10 Å². The molecule has 41 heavy (non-hydrogen) atoms. The van der Waals surface area contributed by atoms with Crippen LogP contribution in [0.5, 0.6) is 0 Å². The summed E-state index contributed by atoms with van der Waals surface area (Å²) >= 11 is 0. The minimum Gasteiger partial charge on any atom is -0.352 e. The van der Waals surface area contributed by atoms with Gasteiger partial charge in [0.15, 0.2) is 5.65 Å². The summed E-state index contributed by atoms with van der Waals surface area (Å²) in [6.07, 6.45) is 15.1. The lowest BCUT2D eigenvalue weighted by Gasteiger charge is -2.20. The fraction of sp³-hybridized carbons (Fsp3) is 0.219. The third-order valence-electron chi connectivity index (χ3n) is 7.94. The van der Waals surface area contributed by atoms with Gasteiger partial charge in [-0.1, -0.05) is 37.5 Å². The molecule has 1 aliphatic rings.